The zero-order valence-corrected chi connectivity index (χ0v) is 18.2. The zero-order valence-electron chi connectivity index (χ0n) is 16.1. The monoisotopic (exact) mass is 499 g/mol. The second-order valence-corrected chi connectivity index (χ2v) is 7.62. The van der Waals surface area contributed by atoms with Crippen molar-refractivity contribution in [1.29, 1.82) is 0 Å². The molecule has 2 amide bonds. The standard InChI is InChI=1S/C23H22IN3O2/c1-2-27(21-9-4-3-5-10-21)23(29)17-7-6-8-20(15-17)26-22(28)16-25-19-13-11-18(24)12-14-19/h3-15,25H,2,16H2,1H3,(H,26,28). The summed E-state index contributed by atoms with van der Waals surface area (Å²) in [5, 5.41) is 5.93. The number of benzene rings is 3. The molecule has 0 saturated heterocycles. The lowest BCUT2D eigenvalue weighted by Gasteiger charge is -2.21. The lowest BCUT2D eigenvalue weighted by molar-refractivity contribution is -0.114. The summed E-state index contributed by atoms with van der Waals surface area (Å²) in [4.78, 5) is 26.9. The Bertz CT molecular complexity index is 975. The van der Waals surface area contributed by atoms with Gasteiger partial charge in [0.1, 0.15) is 0 Å². The number of hydrogen-bond acceptors (Lipinski definition) is 3. The SMILES string of the molecule is CCN(C(=O)c1cccc(NC(=O)CNc2ccc(I)cc2)c1)c1ccccc1. The fourth-order valence-electron chi connectivity index (χ4n) is 2.89. The van der Waals surface area contributed by atoms with E-state index in [0.29, 0.717) is 17.8 Å². The van der Waals surface area contributed by atoms with Crippen molar-refractivity contribution in [3.05, 3.63) is 88.0 Å². The van der Waals surface area contributed by atoms with Gasteiger partial charge in [0.25, 0.3) is 5.91 Å². The van der Waals surface area contributed by atoms with Crippen LogP contribution in [0, 0.1) is 3.57 Å². The van der Waals surface area contributed by atoms with E-state index in [-0.39, 0.29) is 18.4 Å². The Balaban J connectivity index is 1.64. The molecule has 0 saturated carbocycles. The molecule has 0 atom stereocenters. The summed E-state index contributed by atoms with van der Waals surface area (Å²) in [6.07, 6.45) is 0. The van der Waals surface area contributed by atoms with Crippen LogP contribution in [0.3, 0.4) is 0 Å². The van der Waals surface area contributed by atoms with Crippen molar-refractivity contribution >= 4 is 51.5 Å². The maximum Gasteiger partial charge on any atom is 0.258 e. The summed E-state index contributed by atoms with van der Waals surface area (Å²) in [5.41, 5.74) is 2.84. The van der Waals surface area contributed by atoms with Gasteiger partial charge in [0.05, 0.1) is 6.54 Å². The minimum atomic E-state index is -0.177. The van der Waals surface area contributed by atoms with E-state index in [0.717, 1.165) is 14.9 Å². The molecule has 0 fully saturated rings. The number of carbonyl (C=O) groups excluding carboxylic acids is 2. The van der Waals surface area contributed by atoms with Gasteiger partial charge in [-0.1, -0.05) is 24.3 Å². The van der Waals surface area contributed by atoms with E-state index < -0.39 is 0 Å². The van der Waals surface area contributed by atoms with Crippen LogP contribution >= 0.6 is 22.6 Å². The predicted octanol–water partition coefficient (Wildman–Crippen LogP) is 5.01. The molecule has 0 aliphatic carbocycles. The average molecular weight is 499 g/mol. The molecular formula is C23H22IN3O2. The van der Waals surface area contributed by atoms with Crippen molar-refractivity contribution in [2.24, 2.45) is 0 Å². The summed E-state index contributed by atoms with van der Waals surface area (Å²) in [7, 11) is 0. The van der Waals surface area contributed by atoms with Crippen LogP contribution in [0.2, 0.25) is 0 Å². The molecule has 0 spiro atoms. The Morgan fingerprint density at radius 3 is 2.31 bits per heavy atom. The van der Waals surface area contributed by atoms with Crippen LogP contribution in [0.25, 0.3) is 0 Å². The van der Waals surface area contributed by atoms with Gasteiger partial charge in [0.15, 0.2) is 0 Å². The van der Waals surface area contributed by atoms with Crippen molar-refractivity contribution in [2.45, 2.75) is 6.92 Å². The molecule has 148 valence electrons. The van der Waals surface area contributed by atoms with E-state index in [2.05, 4.69) is 33.2 Å². The maximum absolute atomic E-state index is 13.0. The molecule has 0 radical (unpaired) electrons. The van der Waals surface area contributed by atoms with Crippen molar-refractivity contribution in [3.8, 4) is 0 Å². The van der Waals surface area contributed by atoms with Crippen molar-refractivity contribution < 1.29 is 9.59 Å². The van der Waals surface area contributed by atoms with E-state index >= 15 is 0 Å². The molecular weight excluding hydrogens is 477 g/mol. The minimum absolute atomic E-state index is 0.105. The lowest BCUT2D eigenvalue weighted by Crippen LogP contribution is -2.30. The van der Waals surface area contributed by atoms with Crippen LogP contribution in [0.15, 0.2) is 78.9 Å². The lowest BCUT2D eigenvalue weighted by atomic mass is 10.1. The topological polar surface area (TPSA) is 61.4 Å². The normalized spacial score (nSPS) is 10.3. The highest BCUT2D eigenvalue weighted by molar-refractivity contribution is 14.1. The van der Waals surface area contributed by atoms with Gasteiger partial charge in [-0.05, 0) is 84.1 Å². The molecule has 0 aliphatic heterocycles. The van der Waals surface area contributed by atoms with Crippen LogP contribution in [-0.2, 0) is 4.79 Å². The smallest absolute Gasteiger partial charge is 0.258 e. The summed E-state index contributed by atoms with van der Waals surface area (Å²) < 4.78 is 1.13. The number of halogens is 1. The average Bonchev–Trinajstić information content (AvgIpc) is 2.75. The van der Waals surface area contributed by atoms with Gasteiger partial charge in [0, 0.05) is 32.7 Å². The number of nitrogens with zero attached hydrogens (tertiary/aromatic N) is 1. The van der Waals surface area contributed by atoms with E-state index in [9.17, 15) is 9.59 Å². The van der Waals surface area contributed by atoms with E-state index in [1.54, 1.807) is 29.2 Å². The fraction of sp³-hybridized carbons (Fsp3) is 0.130. The summed E-state index contributed by atoms with van der Waals surface area (Å²) in [5.74, 6) is -0.282. The number of carbonyl (C=O) groups is 2. The Kier molecular flexibility index (Phi) is 7.24. The molecule has 0 aromatic heterocycles. The van der Waals surface area contributed by atoms with Gasteiger partial charge in [-0.15, -0.1) is 0 Å². The van der Waals surface area contributed by atoms with Crippen LogP contribution in [0.5, 0.6) is 0 Å². The van der Waals surface area contributed by atoms with Gasteiger partial charge in [-0.2, -0.15) is 0 Å². The predicted molar refractivity (Wildman–Crippen MR) is 127 cm³/mol. The first kappa shape index (κ1) is 20.9. The van der Waals surface area contributed by atoms with Gasteiger partial charge in [0.2, 0.25) is 5.91 Å². The van der Waals surface area contributed by atoms with E-state index in [1.165, 1.54) is 0 Å². The molecule has 6 heteroatoms. The second-order valence-electron chi connectivity index (χ2n) is 6.37. The number of amides is 2. The zero-order chi connectivity index (χ0) is 20.6. The summed E-state index contributed by atoms with van der Waals surface area (Å²) >= 11 is 2.23. The maximum atomic E-state index is 13.0. The number of hydrogen-bond donors (Lipinski definition) is 2. The molecule has 0 unspecified atom stereocenters. The summed E-state index contributed by atoms with van der Waals surface area (Å²) in [6.45, 7) is 2.63. The minimum Gasteiger partial charge on any atom is -0.376 e. The first-order valence-corrected chi connectivity index (χ1v) is 10.4. The highest BCUT2D eigenvalue weighted by Gasteiger charge is 2.16. The van der Waals surface area contributed by atoms with Gasteiger partial charge in [-0.3, -0.25) is 9.59 Å². The summed E-state index contributed by atoms with van der Waals surface area (Å²) in [6, 6.07) is 24.4. The Labute approximate surface area is 184 Å². The highest BCUT2D eigenvalue weighted by Crippen LogP contribution is 2.19. The molecule has 29 heavy (non-hydrogen) atoms. The molecule has 5 nitrogen and oxygen atoms in total. The molecule has 3 aromatic rings. The number of anilines is 3. The van der Waals surface area contributed by atoms with Crippen molar-refractivity contribution in [2.75, 3.05) is 28.6 Å². The largest absolute Gasteiger partial charge is 0.376 e. The molecule has 0 heterocycles. The van der Waals surface area contributed by atoms with E-state index in [4.69, 9.17) is 0 Å². The quantitative estimate of drug-likeness (QED) is 0.450. The molecule has 3 rings (SSSR count). The Hall–Kier alpha value is -2.87. The number of para-hydroxylation sites is 1. The van der Waals surface area contributed by atoms with E-state index in [1.807, 2.05) is 61.5 Å². The highest BCUT2D eigenvalue weighted by atomic mass is 127. The first-order chi connectivity index (χ1) is 14.1. The van der Waals surface area contributed by atoms with Gasteiger partial charge < -0.3 is 15.5 Å². The number of rotatable bonds is 7. The third-order valence-corrected chi connectivity index (χ3v) is 5.04. The van der Waals surface area contributed by atoms with Gasteiger partial charge in [-0.25, -0.2) is 0 Å². The first-order valence-electron chi connectivity index (χ1n) is 9.33. The Morgan fingerprint density at radius 1 is 0.897 bits per heavy atom. The van der Waals surface area contributed by atoms with Crippen LogP contribution < -0.4 is 15.5 Å². The molecule has 3 aromatic carbocycles. The van der Waals surface area contributed by atoms with Crippen LogP contribution in [0.4, 0.5) is 17.1 Å². The number of nitrogens with one attached hydrogen (secondary N) is 2. The van der Waals surface area contributed by atoms with Crippen molar-refractivity contribution in [1.82, 2.24) is 0 Å². The molecule has 0 bridgehead atoms. The fourth-order valence-corrected chi connectivity index (χ4v) is 3.25. The second kappa shape index (κ2) is 10.1. The van der Waals surface area contributed by atoms with Crippen molar-refractivity contribution in [3.63, 3.8) is 0 Å². The van der Waals surface area contributed by atoms with Gasteiger partial charge >= 0.3 is 0 Å². The Morgan fingerprint density at radius 2 is 1.62 bits per heavy atom. The third kappa shape index (κ3) is 5.80. The van der Waals surface area contributed by atoms with Crippen LogP contribution in [-0.4, -0.2) is 24.9 Å². The molecule has 0 aliphatic rings. The third-order valence-electron chi connectivity index (χ3n) is 4.32. The molecule has 2 N–H and O–H groups in total. The van der Waals surface area contributed by atoms with Crippen LogP contribution in [0.1, 0.15) is 17.3 Å².